The van der Waals surface area contributed by atoms with Gasteiger partial charge in [0.2, 0.25) is 0 Å². The van der Waals surface area contributed by atoms with Crippen molar-refractivity contribution in [3.05, 3.63) is 65.0 Å². The first kappa shape index (κ1) is 15.2. The Morgan fingerprint density at radius 1 is 1.00 bits per heavy atom. The molecule has 3 nitrogen and oxygen atoms in total. The lowest BCUT2D eigenvalue weighted by Gasteiger charge is -2.19. The Morgan fingerprint density at radius 3 is 2.39 bits per heavy atom. The van der Waals surface area contributed by atoms with Gasteiger partial charge in [0.1, 0.15) is 5.82 Å². The van der Waals surface area contributed by atoms with Crippen molar-refractivity contribution in [3.8, 4) is 0 Å². The molecule has 3 rings (SSSR count). The SMILES string of the molecule is O=C1C(=O)N(Cc2ccccc2C(F)(F)F)c2ccc(F)cc21. The number of hydrogen-bond acceptors (Lipinski definition) is 2. The number of nitrogens with zero attached hydrogens (tertiary/aromatic N) is 1. The Labute approximate surface area is 128 Å². The lowest BCUT2D eigenvalue weighted by Crippen LogP contribution is -2.30. The second-order valence-electron chi connectivity index (χ2n) is 5.04. The van der Waals surface area contributed by atoms with Crippen molar-refractivity contribution in [1.82, 2.24) is 0 Å². The lowest BCUT2D eigenvalue weighted by molar-refractivity contribution is -0.138. The highest BCUT2D eigenvalue weighted by atomic mass is 19.4. The minimum atomic E-state index is -4.57. The number of anilines is 1. The predicted molar refractivity (Wildman–Crippen MR) is 73.4 cm³/mol. The molecule has 1 aliphatic rings. The molecule has 0 fully saturated rings. The van der Waals surface area contributed by atoms with Crippen molar-refractivity contribution in [1.29, 1.82) is 0 Å². The van der Waals surface area contributed by atoms with E-state index in [1.54, 1.807) is 0 Å². The maximum atomic E-state index is 13.2. The van der Waals surface area contributed by atoms with Crippen LogP contribution in [-0.4, -0.2) is 11.7 Å². The zero-order valence-corrected chi connectivity index (χ0v) is 11.5. The van der Waals surface area contributed by atoms with Crippen LogP contribution in [0.4, 0.5) is 23.2 Å². The van der Waals surface area contributed by atoms with Gasteiger partial charge in [-0.1, -0.05) is 18.2 Å². The van der Waals surface area contributed by atoms with E-state index in [1.165, 1.54) is 24.3 Å². The molecule has 0 aliphatic carbocycles. The summed E-state index contributed by atoms with van der Waals surface area (Å²) in [6, 6.07) is 7.97. The molecule has 0 saturated carbocycles. The number of alkyl halides is 3. The highest BCUT2D eigenvalue weighted by Crippen LogP contribution is 2.35. The van der Waals surface area contributed by atoms with Crippen molar-refractivity contribution >= 4 is 17.4 Å². The van der Waals surface area contributed by atoms with Crippen LogP contribution in [0.15, 0.2) is 42.5 Å². The molecule has 0 bridgehead atoms. The Bertz CT molecular complexity index is 814. The summed E-state index contributed by atoms with van der Waals surface area (Å²) in [6.45, 7) is -0.418. The van der Waals surface area contributed by atoms with Crippen LogP contribution >= 0.6 is 0 Å². The highest BCUT2D eigenvalue weighted by Gasteiger charge is 2.38. The average Bonchev–Trinajstić information content (AvgIpc) is 2.72. The number of carbonyl (C=O) groups excluding carboxylic acids is 2. The largest absolute Gasteiger partial charge is 0.416 e. The van der Waals surface area contributed by atoms with E-state index in [0.29, 0.717) is 0 Å². The van der Waals surface area contributed by atoms with E-state index in [4.69, 9.17) is 0 Å². The van der Waals surface area contributed by atoms with Gasteiger partial charge in [0.15, 0.2) is 0 Å². The van der Waals surface area contributed by atoms with Crippen LogP contribution in [0.25, 0.3) is 0 Å². The highest BCUT2D eigenvalue weighted by molar-refractivity contribution is 6.52. The molecular weight excluding hydrogens is 314 g/mol. The minimum Gasteiger partial charge on any atom is -0.300 e. The van der Waals surface area contributed by atoms with E-state index in [2.05, 4.69) is 0 Å². The van der Waals surface area contributed by atoms with Crippen molar-refractivity contribution in [2.75, 3.05) is 4.90 Å². The molecule has 7 heteroatoms. The fourth-order valence-electron chi connectivity index (χ4n) is 2.53. The van der Waals surface area contributed by atoms with Gasteiger partial charge in [-0.25, -0.2) is 4.39 Å². The maximum absolute atomic E-state index is 13.2. The van der Waals surface area contributed by atoms with Gasteiger partial charge >= 0.3 is 6.18 Å². The monoisotopic (exact) mass is 323 g/mol. The van der Waals surface area contributed by atoms with Crippen molar-refractivity contribution in [2.45, 2.75) is 12.7 Å². The molecule has 0 N–H and O–H groups in total. The van der Waals surface area contributed by atoms with Crippen LogP contribution in [-0.2, 0) is 17.5 Å². The third-order valence-electron chi connectivity index (χ3n) is 3.58. The standard InChI is InChI=1S/C16H9F4NO2/c17-10-5-6-13-11(7-10)14(22)15(23)21(13)8-9-3-1-2-4-12(9)16(18,19)20/h1-7H,8H2. The first-order valence-corrected chi connectivity index (χ1v) is 6.60. The van der Waals surface area contributed by atoms with Gasteiger partial charge in [-0.2, -0.15) is 13.2 Å². The lowest BCUT2D eigenvalue weighted by atomic mass is 10.1. The molecule has 1 heterocycles. The van der Waals surface area contributed by atoms with Crippen LogP contribution in [0.5, 0.6) is 0 Å². The molecule has 0 atom stereocenters. The topological polar surface area (TPSA) is 37.4 Å². The van der Waals surface area contributed by atoms with Gasteiger partial charge in [-0.3, -0.25) is 9.59 Å². The number of amides is 1. The second kappa shape index (κ2) is 5.19. The summed E-state index contributed by atoms with van der Waals surface area (Å²) < 4.78 is 52.3. The van der Waals surface area contributed by atoms with Gasteiger partial charge in [0.25, 0.3) is 11.7 Å². The molecule has 0 unspecified atom stereocenters. The smallest absolute Gasteiger partial charge is 0.300 e. The van der Waals surface area contributed by atoms with Crippen LogP contribution in [0, 0.1) is 5.82 Å². The fourth-order valence-corrected chi connectivity index (χ4v) is 2.53. The summed E-state index contributed by atoms with van der Waals surface area (Å²) in [5.74, 6) is -2.59. The number of carbonyl (C=O) groups is 2. The third kappa shape index (κ3) is 2.58. The summed E-state index contributed by atoms with van der Waals surface area (Å²) in [6.07, 6.45) is -4.57. The zero-order valence-electron chi connectivity index (χ0n) is 11.5. The van der Waals surface area contributed by atoms with Gasteiger partial charge in [0.05, 0.1) is 23.4 Å². The van der Waals surface area contributed by atoms with Crippen molar-refractivity contribution < 1.29 is 27.2 Å². The molecule has 23 heavy (non-hydrogen) atoms. The van der Waals surface area contributed by atoms with Gasteiger partial charge in [0, 0.05) is 0 Å². The first-order valence-electron chi connectivity index (χ1n) is 6.60. The second-order valence-corrected chi connectivity index (χ2v) is 5.04. The average molecular weight is 323 g/mol. The van der Waals surface area contributed by atoms with Crippen LogP contribution in [0.1, 0.15) is 21.5 Å². The molecule has 0 radical (unpaired) electrons. The number of Topliss-reactive ketones (excluding diaryl/α,β-unsaturated/α-hetero) is 1. The summed E-state index contributed by atoms with van der Waals surface area (Å²) in [7, 11) is 0. The summed E-state index contributed by atoms with van der Waals surface area (Å²) >= 11 is 0. The summed E-state index contributed by atoms with van der Waals surface area (Å²) in [5.41, 5.74) is -1.05. The van der Waals surface area contributed by atoms with Crippen LogP contribution in [0.2, 0.25) is 0 Å². The van der Waals surface area contributed by atoms with E-state index >= 15 is 0 Å². The molecular formula is C16H9F4NO2. The predicted octanol–water partition coefficient (Wildman–Crippen LogP) is 3.57. The minimum absolute atomic E-state index is 0.110. The maximum Gasteiger partial charge on any atom is 0.416 e. The first-order chi connectivity index (χ1) is 10.8. The van der Waals surface area contributed by atoms with E-state index in [1.807, 2.05) is 0 Å². The van der Waals surface area contributed by atoms with Crippen molar-refractivity contribution in [2.24, 2.45) is 0 Å². The van der Waals surface area contributed by atoms with Crippen molar-refractivity contribution in [3.63, 3.8) is 0 Å². The van der Waals surface area contributed by atoms with E-state index in [-0.39, 0.29) is 16.8 Å². The molecule has 118 valence electrons. The number of hydrogen-bond donors (Lipinski definition) is 0. The Kier molecular flexibility index (Phi) is 3.43. The quantitative estimate of drug-likeness (QED) is 0.626. The Balaban J connectivity index is 2.03. The normalized spacial score (nSPS) is 14.3. The summed E-state index contributed by atoms with van der Waals surface area (Å²) in [5, 5.41) is 0. The Hall–Kier alpha value is -2.70. The molecule has 1 amide bonds. The van der Waals surface area contributed by atoms with Gasteiger partial charge < -0.3 is 4.90 Å². The number of fused-ring (bicyclic) bond motifs is 1. The van der Waals surface area contributed by atoms with E-state index < -0.39 is 35.8 Å². The molecule has 0 aromatic heterocycles. The molecule has 1 aliphatic heterocycles. The molecule has 2 aromatic rings. The molecule has 0 saturated heterocycles. The van der Waals surface area contributed by atoms with E-state index in [9.17, 15) is 27.2 Å². The zero-order chi connectivity index (χ0) is 16.8. The van der Waals surface area contributed by atoms with Gasteiger partial charge in [-0.05, 0) is 29.8 Å². The molecule has 2 aromatic carbocycles. The molecule has 0 spiro atoms. The third-order valence-corrected chi connectivity index (χ3v) is 3.58. The number of rotatable bonds is 2. The number of ketones is 1. The number of halogens is 4. The fraction of sp³-hybridized carbons (Fsp3) is 0.125. The number of benzene rings is 2. The van der Waals surface area contributed by atoms with Crippen LogP contribution in [0.3, 0.4) is 0 Å². The van der Waals surface area contributed by atoms with E-state index in [0.717, 1.165) is 23.1 Å². The van der Waals surface area contributed by atoms with Gasteiger partial charge in [-0.15, -0.1) is 0 Å². The van der Waals surface area contributed by atoms with Crippen LogP contribution < -0.4 is 4.90 Å². The summed E-state index contributed by atoms with van der Waals surface area (Å²) in [4.78, 5) is 24.8. The Morgan fingerprint density at radius 2 is 1.70 bits per heavy atom.